The van der Waals surface area contributed by atoms with Gasteiger partial charge in [0.05, 0.1) is 6.10 Å². The number of hydrogen-bond donors (Lipinski definition) is 0. The van der Waals surface area contributed by atoms with E-state index in [2.05, 4.69) is 61.5 Å². The van der Waals surface area contributed by atoms with Gasteiger partial charge in [-0.2, -0.15) is 0 Å². The molecule has 0 bridgehead atoms. The van der Waals surface area contributed by atoms with Crippen LogP contribution in [0.25, 0.3) is 0 Å². The summed E-state index contributed by atoms with van der Waals surface area (Å²) < 4.78 is 13.3. The van der Waals surface area contributed by atoms with Crippen LogP contribution in [0.3, 0.4) is 0 Å². The number of ketones is 1. The predicted molar refractivity (Wildman–Crippen MR) is 156 cm³/mol. The number of piperidine rings is 1. The van der Waals surface area contributed by atoms with Gasteiger partial charge in [-0.1, -0.05) is 55.4 Å². The van der Waals surface area contributed by atoms with Crippen molar-refractivity contribution < 1.29 is 18.8 Å². The topological polar surface area (TPSA) is 55.8 Å². The predicted octanol–water partition coefficient (Wildman–Crippen LogP) is 8.49. The molecular formula is C32H55NO4Si. The Hall–Kier alpha value is -1.14. The highest BCUT2D eigenvalue weighted by molar-refractivity contribution is 6.77. The van der Waals surface area contributed by atoms with E-state index >= 15 is 0 Å². The van der Waals surface area contributed by atoms with Gasteiger partial charge in [-0.25, -0.2) is 4.79 Å². The second-order valence-corrected chi connectivity index (χ2v) is 20.8. The van der Waals surface area contributed by atoms with E-state index in [0.717, 1.165) is 37.8 Å². The lowest BCUT2D eigenvalue weighted by Gasteiger charge is -2.60. The number of ether oxygens (including phenoxy) is 1. The highest BCUT2D eigenvalue weighted by Gasteiger charge is 2.61. The first-order chi connectivity index (χ1) is 17.5. The van der Waals surface area contributed by atoms with Gasteiger partial charge in [0, 0.05) is 29.5 Å². The fraction of sp³-hybridized carbons (Fsp3) is 0.875. The van der Waals surface area contributed by atoms with E-state index in [1.165, 1.54) is 0 Å². The molecule has 0 radical (unpaired) electrons. The van der Waals surface area contributed by atoms with E-state index in [9.17, 15) is 9.59 Å². The second-order valence-electron chi connectivity index (χ2n) is 15.4. The van der Waals surface area contributed by atoms with Crippen LogP contribution in [0, 0.1) is 28.6 Å². The van der Waals surface area contributed by atoms with Crippen molar-refractivity contribution in [1.29, 1.82) is 0 Å². The molecule has 0 aromatic rings. The number of amides is 1. The maximum atomic E-state index is 13.8. The SMILES string of the molecule is CC(C)[Si](O[C@@H]1C=C2N(C(=O)OC(C)(C)C)C[C@@H]3[C@H](CC[C@]4(C)C(=O)CC[C@@H]34)[C@@]2(C)CC1)(C(C)C)C(C)C. The lowest BCUT2D eigenvalue weighted by molar-refractivity contribution is -0.134. The van der Waals surface area contributed by atoms with Crippen molar-refractivity contribution in [2.75, 3.05) is 6.54 Å². The zero-order valence-corrected chi connectivity index (χ0v) is 27.1. The molecule has 1 saturated heterocycles. The molecule has 1 heterocycles. The first-order valence-corrected chi connectivity index (χ1v) is 17.5. The number of hydrogen-bond acceptors (Lipinski definition) is 4. The van der Waals surface area contributed by atoms with Crippen LogP contribution in [0.2, 0.25) is 16.6 Å². The van der Waals surface area contributed by atoms with Gasteiger partial charge in [-0.15, -0.1) is 0 Å². The molecule has 38 heavy (non-hydrogen) atoms. The number of carbonyl (C=O) groups is 2. The van der Waals surface area contributed by atoms with Gasteiger partial charge >= 0.3 is 6.09 Å². The van der Waals surface area contributed by atoms with Crippen LogP contribution in [0.4, 0.5) is 4.79 Å². The first kappa shape index (κ1) is 29.8. The van der Waals surface area contributed by atoms with Gasteiger partial charge in [0.2, 0.25) is 8.32 Å². The van der Waals surface area contributed by atoms with Crippen molar-refractivity contribution in [3.05, 3.63) is 11.8 Å². The van der Waals surface area contributed by atoms with Gasteiger partial charge in [0.15, 0.2) is 0 Å². The Morgan fingerprint density at radius 3 is 2.05 bits per heavy atom. The zero-order chi connectivity index (χ0) is 28.4. The summed E-state index contributed by atoms with van der Waals surface area (Å²) in [5, 5.41) is 0. The fourth-order valence-electron chi connectivity index (χ4n) is 9.46. The van der Waals surface area contributed by atoms with Gasteiger partial charge in [-0.3, -0.25) is 9.69 Å². The molecule has 1 amide bonds. The highest BCUT2D eigenvalue weighted by Crippen LogP contribution is 2.63. The zero-order valence-electron chi connectivity index (χ0n) is 26.1. The van der Waals surface area contributed by atoms with Crippen LogP contribution in [-0.2, 0) is 14.0 Å². The smallest absolute Gasteiger partial charge is 0.414 e. The minimum Gasteiger partial charge on any atom is -0.443 e. The van der Waals surface area contributed by atoms with Crippen LogP contribution in [-0.4, -0.2) is 43.3 Å². The number of rotatable bonds is 5. The third-order valence-electron chi connectivity index (χ3n) is 11.2. The van der Waals surface area contributed by atoms with Gasteiger partial charge in [0.25, 0.3) is 0 Å². The standard InChI is InChI=1S/C32H55NO4Si/c1-20(2)38(21(3)4,22(5)6)37-23-14-16-31(10)26-15-17-32(11)25(12-13-28(32)34)24(26)19-33(27(31)18-23)29(35)36-30(7,8)9/h18,20-26H,12-17,19H2,1-11H3/t23-,24-,25-,26-,31+,32-/m0/s1. The minimum absolute atomic E-state index is 0.0281. The van der Waals surface area contributed by atoms with Crippen molar-refractivity contribution in [3.8, 4) is 0 Å². The van der Waals surface area contributed by atoms with E-state index < -0.39 is 13.9 Å². The summed E-state index contributed by atoms with van der Waals surface area (Å²) >= 11 is 0. The molecule has 0 aromatic heterocycles. The van der Waals surface area contributed by atoms with Crippen molar-refractivity contribution in [2.24, 2.45) is 28.6 Å². The normalized spacial score (nSPS) is 35.8. The van der Waals surface area contributed by atoms with Crippen LogP contribution >= 0.6 is 0 Å². The summed E-state index contributed by atoms with van der Waals surface area (Å²) in [6.07, 6.45) is 7.82. The molecule has 1 aliphatic heterocycles. The Morgan fingerprint density at radius 1 is 0.947 bits per heavy atom. The Morgan fingerprint density at radius 2 is 1.50 bits per heavy atom. The summed E-state index contributed by atoms with van der Waals surface area (Å²) in [5.74, 6) is 1.61. The fourth-order valence-corrected chi connectivity index (χ4v) is 15.0. The summed E-state index contributed by atoms with van der Waals surface area (Å²) in [7, 11) is -2.07. The second kappa shape index (κ2) is 10.0. The van der Waals surface area contributed by atoms with Crippen LogP contribution < -0.4 is 0 Å². The molecule has 216 valence electrons. The largest absolute Gasteiger partial charge is 0.443 e. The third-order valence-corrected chi connectivity index (χ3v) is 17.3. The van der Waals surface area contributed by atoms with E-state index in [0.29, 0.717) is 53.1 Å². The van der Waals surface area contributed by atoms with E-state index in [1.807, 2.05) is 25.7 Å². The average Bonchev–Trinajstić information content (AvgIpc) is 3.09. The van der Waals surface area contributed by atoms with Crippen molar-refractivity contribution >= 4 is 20.2 Å². The van der Waals surface area contributed by atoms with Crippen LogP contribution in [0.1, 0.15) is 115 Å². The molecule has 0 aromatic carbocycles. The highest BCUT2D eigenvalue weighted by atomic mass is 28.4. The molecule has 6 atom stereocenters. The number of carbonyl (C=O) groups excluding carboxylic acids is 2. The number of likely N-dealkylation sites (tertiary alicyclic amines) is 1. The molecule has 4 rings (SSSR count). The lowest BCUT2D eigenvalue weighted by Crippen LogP contribution is -2.60. The molecule has 0 spiro atoms. The number of allylic oxidation sites excluding steroid dienone is 1. The van der Waals surface area contributed by atoms with E-state index in [-0.39, 0.29) is 23.0 Å². The Kier molecular flexibility index (Phi) is 7.89. The number of nitrogens with zero attached hydrogens (tertiary/aromatic N) is 1. The van der Waals surface area contributed by atoms with Crippen molar-refractivity contribution in [3.63, 3.8) is 0 Å². The lowest BCUT2D eigenvalue weighted by atomic mass is 9.50. The molecule has 6 heteroatoms. The molecule has 2 saturated carbocycles. The summed E-state index contributed by atoms with van der Waals surface area (Å²) in [6.45, 7) is 25.1. The van der Waals surface area contributed by atoms with Gasteiger partial charge in [0.1, 0.15) is 11.4 Å². The number of Topliss-reactive ketones (excluding diaryl/α,β-unsaturated/α-hetero) is 1. The van der Waals surface area contributed by atoms with Crippen LogP contribution in [0.5, 0.6) is 0 Å². The monoisotopic (exact) mass is 545 g/mol. The maximum Gasteiger partial charge on any atom is 0.414 e. The number of fused-ring (bicyclic) bond motifs is 5. The Bertz CT molecular complexity index is 943. The summed E-state index contributed by atoms with van der Waals surface area (Å²) in [5.41, 5.74) is 1.78. The van der Waals surface area contributed by atoms with Gasteiger partial charge < -0.3 is 9.16 Å². The first-order valence-electron chi connectivity index (χ1n) is 15.4. The third kappa shape index (κ3) is 4.74. The maximum absolute atomic E-state index is 13.8. The Balaban J connectivity index is 1.75. The van der Waals surface area contributed by atoms with Crippen molar-refractivity contribution in [1.82, 2.24) is 4.90 Å². The molecule has 3 aliphatic carbocycles. The van der Waals surface area contributed by atoms with Crippen molar-refractivity contribution in [2.45, 2.75) is 143 Å². The molecule has 0 unspecified atom stereocenters. The molecule has 0 N–H and O–H groups in total. The average molecular weight is 546 g/mol. The quantitative estimate of drug-likeness (QED) is 0.325. The van der Waals surface area contributed by atoms with E-state index in [4.69, 9.17) is 9.16 Å². The van der Waals surface area contributed by atoms with Crippen LogP contribution in [0.15, 0.2) is 11.8 Å². The molecule has 5 nitrogen and oxygen atoms in total. The molecular weight excluding hydrogens is 490 g/mol. The van der Waals surface area contributed by atoms with E-state index in [1.54, 1.807) is 0 Å². The van der Waals surface area contributed by atoms with Gasteiger partial charge in [-0.05, 0) is 93.3 Å². The summed E-state index contributed by atoms with van der Waals surface area (Å²) in [6, 6.07) is 0. The molecule has 4 aliphatic rings. The molecule has 3 fully saturated rings. The Labute approximate surface area is 233 Å². The summed E-state index contributed by atoms with van der Waals surface area (Å²) in [4.78, 5) is 28.8. The minimum atomic E-state index is -2.07.